The predicted molar refractivity (Wildman–Crippen MR) is 54.0 cm³/mol. The van der Waals surface area contributed by atoms with Crippen molar-refractivity contribution in [3.63, 3.8) is 0 Å². The first kappa shape index (κ1) is 10.0. The van der Waals surface area contributed by atoms with Crippen LogP contribution < -0.4 is 5.73 Å². The molecular formula is C11H23N. The van der Waals surface area contributed by atoms with E-state index in [0.29, 0.717) is 10.8 Å². The molecule has 2 N–H and O–H groups in total. The summed E-state index contributed by atoms with van der Waals surface area (Å²) in [6.07, 6.45) is 3.54. The maximum Gasteiger partial charge on any atom is 0.0169 e. The Balaban J connectivity index is 2.46. The molecule has 0 aromatic carbocycles. The number of nitrogens with two attached hydrogens (primary N) is 1. The minimum atomic E-state index is 0.141. The van der Waals surface area contributed by atoms with Crippen molar-refractivity contribution in [2.24, 2.45) is 16.6 Å². The Kier molecular flexibility index (Phi) is 2.07. The highest BCUT2D eigenvalue weighted by Crippen LogP contribution is 2.50. The van der Waals surface area contributed by atoms with Gasteiger partial charge in [-0.15, -0.1) is 0 Å². The van der Waals surface area contributed by atoms with Gasteiger partial charge in [-0.05, 0) is 30.1 Å². The molecule has 1 rings (SSSR count). The molecule has 0 saturated heterocycles. The molecule has 1 nitrogen and oxygen atoms in total. The fourth-order valence-corrected chi connectivity index (χ4v) is 3.04. The largest absolute Gasteiger partial charge is 0.325 e. The predicted octanol–water partition coefficient (Wildman–Crippen LogP) is 2.94. The second-order valence-corrected chi connectivity index (χ2v) is 6.62. The molecule has 0 radical (unpaired) electrons. The van der Waals surface area contributed by atoms with E-state index in [-0.39, 0.29) is 5.54 Å². The maximum atomic E-state index is 6.26. The highest BCUT2D eigenvalue weighted by molar-refractivity contribution is 5.04. The summed E-state index contributed by atoms with van der Waals surface area (Å²) >= 11 is 0. The van der Waals surface area contributed by atoms with Crippen molar-refractivity contribution in [3.8, 4) is 0 Å². The molecule has 0 aliphatic heterocycles. The zero-order chi connectivity index (χ0) is 9.62. The highest BCUT2D eigenvalue weighted by Gasteiger charge is 2.47. The van der Waals surface area contributed by atoms with Gasteiger partial charge in [0.05, 0.1) is 0 Å². The lowest BCUT2D eigenvalue weighted by Crippen LogP contribution is -2.57. The van der Waals surface area contributed by atoms with Crippen LogP contribution in [0.25, 0.3) is 0 Å². The van der Waals surface area contributed by atoms with Crippen LogP contribution in [0.2, 0.25) is 0 Å². The number of hydrogen-bond donors (Lipinski definition) is 1. The normalized spacial score (nSPS) is 26.5. The van der Waals surface area contributed by atoms with E-state index in [1.54, 1.807) is 0 Å². The van der Waals surface area contributed by atoms with E-state index in [1.165, 1.54) is 12.8 Å². The summed E-state index contributed by atoms with van der Waals surface area (Å²) < 4.78 is 0. The van der Waals surface area contributed by atoms with E-state index in [4.69, 9.17) is 5.73 Å². The molecule has 1 aliphatic rings. The van der Waals surface area contributed by atoms with Gasteiger partial charge in [0, 0.05) is 5.54 Å². The first-order valence-corrected chi connectivity index (χ1v) is 4.91. The van der Waals surface area contributed by atoms with Crippen LogP contribution in [-0.2, 0) is 0 Å². The second-order valence-electron chi connectivity index (χ2n) is 6.62. The van der Waals surface area contributed by atoms with E-state index in [1.807, 2.05) is 0 Å². The third kappa shape index (κ3) is 2.48. The molecule has 1 saturated carbocycles. The molecule has 0 spiro atoms. The molecule has 0 bridgehead atoms. The van der Waals surface area contributed by atoms with E-state index < -0.39 is 0 Å². The molecule has 1 heteroatoms. The van der Waals surface area contributed by atoms with Crippen LogP contribution in [-0.4, -0.2) is 5.54 Å². The summed E-state index contributed by atoms with van der Waals surface area (Å²) in [5, 5.41) is 0. The summed E-state index contributed by atoms with van der Waals surface area (Å²) in [6.45, 7) is 11.4. The van der Waals surface area contributed by atoms with Gasteiger partial charge < -0.3 is 5.73 Å². The Hall–Kier alpha value is -0.0400. The van der Waals surface area contributed by atoms with Gasteiger partial charge in [-0.2, -0.15) is 0 Å². The molecular weight excluding hydrogens is 146 g/mol. The topological polar surface area (TPSA) is 26.0 Å². The smallest absolute Gasteiger partial charge is 0.0169 e. The fraction of sp³-hybridized carbons (Fsp3) is 1.00. The molecule has 12 heavy (non-hydrogen) atoms. The Labute approximate surface area is 76.7 Å². The van der Waals surface area contributed by atoms with E-state index in [9.17, 15) is 0 Å². The zero-order valence-electron chi connectivity index (χ0n) is 9.20. The van der Waals surface area contributed by atoms with E-state index >= 15 is 0 Å². The van der Waals surface area contributed by atoms with E-state index in [0.717, 1.165) is 6.42 Å². The maximum absolute atomic E-state index is 6.26. The summed E-state index contributed by atoms with van der Waals surface area (Å²) in [7, 11) is 0. The van der Waals surface area contributed by atoms with Crippen molar-refractivity contribution in [2.75, 3.05) is 0 Å². The van der Waals surface area contributed by atoms with Crippen molar-refractivity contribution in [2.45, 2.75) is 59.4 Å². The van der Waals surface area contributed by atoms with Gasteiger partial charge in [-0.25, -0.2) is 0 Å². The van der Waals surface area contributed by atoms with Crippen LogP contribution in [0.15, 0.2) is 0 Å². The third-order valence-corrected chi connectivity index (χ3v) is 2.54. The first-order chi connectivity index (χ1) is 5.12. The van der Waals surface area contributed by atoms with Crippen LogP contribution in [0.4, 0.5) is 0 Å². The summed E-state index contributed by atoms with van der Waals surface area (Å²) in [4.78, 5) is 0. The summed E-state index contributed by atoms with van der Waals surface area (Å²) in [6, 6.07) is 0. The van der Waals surface area contributed by atoms with Gasteiger partial charge in [0.25, 0.3) is 0 Å². The van der Waals surface area contributed by atoms with E-state index in [2.05, 4.69) is 34.6 Å². The Morgan fingerprint density at radius 3 is 1.83 bits per heavy atom. The van der Waals surface area contributed by atoms with Crippen molar-refractivity contribution in [1.82, 2.24) is 0 Å². The molecule has 0 aromatic heterocycles. The average Bonchev–Trinajstić information content (AvgIpc) is 1.48. The Morgan fingerprint density at radius 1 is 1.17 bits per heavy atom. The molecule has 1 fully saturated rings. The van der Waals surface area contributed by atoms with Crippen LogP contribution in [0, 0.1) is 10.8 Å². The van der Waals surface area contributed by atoms with Gasteiger partial charge in [0.15, 0.2) is 0 Å². The van der Waals surface area contributed by atoms with Gasteiger partial charge in [0.2, 0.25) is 0 Å². The highest BCUT2D eigenvalue weighted by atomic mass is 14.8. The third-order valence-electron chi connectivity index (χ3n) is 2.54. The Bertz CT molecular complexity index is 166. The minimum absolute atomic E-state index is 0.141. The first-order valence-electron chi connectivity index (χ1n) is 4.91. The number of hydrogen-bond acceptors (Lipinski definition) is 1. The molecule has 1 aliphatic carbocycles. The van der Waals surface area contributed by atoms with Crippen LogP contribution >= 0.6 is 0 Å². The lowest BCUT2D eigenvalue weighted by molar-refractivity contribution is 0.0318. The van der Waals surface area contributed by atoms with Crippen molar-refractivity contribution >= 4 is 0 Å². The van der Waals surface area contributed by atoms with Crippen LogP contribution in [0.3, 0.4) is 0 Å². The average molecular weight is 169 g/mol. The SMILES string of the molecule is CC(C)(C)CC1(N)CC(C)(C)C1. The summed E-state index contributed by atoms with van der Waals surface area (Å²) in [5.74, 6) is 0. The van der Waals surface area contributed by atoms with Crippen LogP contribution in [0.5, 0.6) is 0 Å². The fourth-order valence-electron chi connectivity index (χ4n) is 3.04. The monoisotopic (exact) mass is 169 g/mol. The summed E-state index contributed by atoms with van der Waals surface area (Å²) in [5.41, 5.74) is 7.29. The molecule has 72 valence electrons. The zero-order valence-corrected chi connectivity index (χ0v) is 9.20. The lowest BCUT2D eigenvalue weighted by Gasteiger charge is -2.53. The van der Waals surface area contributed by atoms with Crippen LogP contribution in [0.1, 0.15) is 53.9 Å². The second kappa shape index (κ2) is 2.47. The molecule has 0 amide bonds. The van der Waals surface area contributed by atoms with Crippen molar-refractivity contribution in [1.29, 1.82) is 0 Å². The van der Waals surface area contributed by atoms with Gasteiger partial charge in [-0.1, -0.05) is 34.6 Å². The molecule has 0 heterocycles. The number of rotatable bonds is 1. The Morgan fingerprint density at radius 2 is 1.58 bits per heavy atom. The van der Waals surface area contributed by atoms with Gasteiger partial charge in [0.1, 0.15) is 0 Å². The quantitative estimate of drug-likeness (QED) is 0.641. The van der Waals surface area contributed by atoms with Gasteiger partial charge in [-0.3, -0.25) is 0 Å². The molecule has 0 aromatic rings. The molecule has 0 atom stereocenters. The standard InChI is InChI=1S/C11H23N/c1-9(2,3)6-11(12)7-10(4,5)8-11/h6-8,12H2,1-5H3. The minimum Gasteiger partial charge on any atom is -0.325 e. The lowest BCUT2D eigenvalue weighted by atomic mass is 9.56. The molecule has 0 unspecified atom stereocenters. The van der Waals surface area contributed by atoms with Crippen molar-refractivity contribution < 1.29 is 0 Å². The van der Waals surface area contributed by atoms with Crippen molar-refractivity contribution in [3.05, 3.63) is 0 Å². The van der Waals surface area contributed by atoms with Gasteiger partial charge >= 0.3 is 0 Å².